The minimum absolute atomic E-state index is 0.144. The van der Waals surface area contributed by atoms with Gasteiger partial charge < -0.3 is 5.32 Å². The maximum absolute atomic E-state index is 12.8. The maximum Gasteiger partial charge on any atom is 0.416 e. The zero-order valence-electron chi connectivity index (χ0n) is 14.8. The van der Waals surface area contributed by atoms with Gasteiger partial charge in [0.05, 0.1) is 34.6 Å². The highest BCUT2D eigenvalue weighted by molar-refractivity contribution is 7.13. The van der Waals surface area contributed by atoms with Gasteiger partial charge in [-0.2, -0.15) is 23.4 Å². The van der Waals surface area contributed by atoms with Crippen LogP contribution in [0.3, 0.4) is 0 Å². The van der Waals surface area contributed by atoms with E-state index >= 15 is 0 Å². The van der Waals surface area contributed by atoms with Crippen molar-refractivity contribution in [1.82, 2.24) is 20.0 Å². The molecule has 0 fully saturated rings. The van der Waals surface area contributed by atoms with Gasteiger partial charge in [-0.3, -0.25) is 14.6 Å². The molecule has 0 atom stereocenters. The van der Waals surface area contributed by atoms with Crippen molar-refractivity contribution < 1.29 is 18.0 Å². The van der Waals surface area contributed by atoms with Crippen LogP contribution in [0.5, 0.6) is 0 Å². The monoisotopic (exact) mass is 417 g/mol. The Balaban J connectivity index is 1.42. The molecule has 0 saturated heterocycles. The summed E-state index contributed by atoms with van der Waals surface area (Å²) in [7, 11) is 0. The van der Waals surface area contributed by atoms with Gasteiger partial charge in [-0.1, -0.05) is 18.2 Å². The molecule has 2 N–H and O–H groups in total. The molecule has 1 amide bonds. The number of aromatic nitrogens is 4. The standard InChI is InChI=1S/C19H14F3N5OS/c20-19(21,22)13-4-1-3-12(7-13)10-27-11-14(9-23-27)24-18(28)16-8-15(25-26-16)17-5-2-6-29-17/h1-9,11H,10H2,(H,24,28)(H,25,26). The van der Waals surface area contributed by atoms with Gasteiger partial charge in [-0.05, 0) is 35.2 Å². The molecule has 3 aromatic heterocycles. The van der Waals surface area contributed by atoms with Crippen LogP contribution in [-0.4, -0.2) is 25.9 Å². The van der Waals surface area contributed by atoms with Gasteiger partial charge in [0.1, 0.15) is 0 Å². The number of carbonyl (C=O) groups excluding carboxylic acids is 1. The number of hydrogen-bond acceptors (Lipinski definition) is 4. The number of amides is 1. The van der Waals surface area contributed by atoms with E-state index in [0.29, 0.717) is 11.3 Å². The number of alkyl halides is 3. The Morgan fingerprint density at radius 3 is 2.83 bits per heavy atom. The van der Waals surface area contributed by atoms with Crippen LogP contribution in [0.4, 0.5) is 18.9 Å². The number of nitrogens with one attached hydrogen (secondary N) is 2. The molecule has 0 aliphatic carbocycles. The minimum Gasteiger partial charge on any atom is -0.318 e. The molecule has 10 heteroatoms. The third-order valence-electron chi connectivity index (χ3n) is 4.09. The molecule has 0 aliphatic rings. The lowest BCUT2D eigenvalue weighted by Gasteiger charge is -2.08. The van der Waals surface area contributed by atoms with Crippen molar-refractivity contribution in [1.29, 1.82) is 0 Å². The second kappa shape index (κ2) is 7.55. The van der Waals surface area contributed by atoms with E-state index in [1.165, 1.54) is 28.3 Å². The van der Waals surface area contributed by atoms with Gasteiger partial charge >= 0.3 is 6.18 Å². The molecule has 6 nitrogen and oxygen atoms in total. The van der Waals surface area contributed by atoms with E-state index in [-0.39, 0.29) is 12.2 Å². The summed E-state index contributed by atoms with van der Waals surface area (Å²) in [5.41, 5.74) is 1.12. The van der Waals surface area contributed by atoms with Crippen molar-refractivity contribution in [2.24, 2.45) is 0 Å². The Kier molecular flexibility index (Phi) is 4.93. The molecule has 0 saturated carbocycles. The summed E-state index contributed by atoms with van der Waals surface area (Å²) < 4.78 is 39.9. The van der Waals surface area contributed by atoms with Gasteiger partial charge in [0.15, 0.2) is 5.69 Å². The van der Waals surface area contributed by atoms with Crippen LogP contribution >= 0.6 is 11.3 Å². The summed E-state index contributed by atoms with van der Waals surface area (Å²) in [5.74, 6) is -0.414. The molecular weight excluding hydrogens is 403 g/mol. The molecule has 4 aromatic rings. The molecule has 0 bridgehead atoms. The summed E-state index contributed by atoms with van der Waals surface area (Å²) in [6, 6.07) is 10.5. The largest absolute Gasteiger partial charge is 0.416 e. The molecule has 1 aromatic carbocycles. The Morgan fingerprint density at radius 2 is 2.07 bits per heavy atom. The third-order valence-corrected chi connectivity index (χ3v) is 4.99. The smallest absolute Gasteiger partial charge is 0.318 e. The first kappa shape index (κ1) is 18.9. The Morgan fingerprint density at radius 1 is 1.21 bits per heavy atom. The second-order valence-electron chi connectivity index (χ2n) is 6.22. The molecule has 0 unspecified atom stereocenters. The number of halogens is 3. The van der Waals surface area contributed by atoms with E-state index in [0.717, 1.165) is 22.7 Å². The lowest BCUT2D eigenvalue weighted by Crippen LogP contribution is -2.12. The molecule has 0 spiro atoms. The van der Waals surface area contributed by atoms with E-state index < -0.39 is 17.6 Å². The lowest BCUT2D eigenvalue weighted by atomic mass is 10.1. The molecule has 3 heterocycles. The molecule has 29 heavy (non-hydrogen) atoms. The lowest BCUT2D eigenvalue weighted by molar-refractivity contribution is -0.137. The number of anilines is 1. The summed E-state index contributed by atoms with van der Waals surface area (Å²) in [6.45, 7) is 0.144. The van der Waals surface area contributed by atoms with Crippen molar-refractivity contribution in [3.05, 3.63) is 77.1 Å². The van der Waals surface area contributed by atoms with Crippen LogP contribution in [-0.2, 0) is 12.7 Å². The highest BCUT2D eigenvalue weighted by Gasteiger charge is 2.30. The van der Waals surface area contributed by atoms with Crippen LogP contribution in [0.25, 0.3) is 10.6 Å². The van der Waals surface area contributed by atoms with Crippen LogP contribution < -0.4 is 5.32 Å². The highest BCUT2D eigenvalue weighted by Crippen LogP contribution is 2.29. The number of carbonyl (C=O) groups is 1. The van der Waals surface area contributed by atoms with Crippen LogP contribution in [0.1, 0.15) is 21.6 Å². The van der Waals surface area contributed by atoms with Crippen molar-refractivity contribution in [3.8, 4) is 10.6 Å². The first-order chi connectivity index (χ1) is 13.9. The van der Waals surface area contributed by atoms with Crippen molar-refractivity contribution in [2.75, 3.05) is 5.32 Å². The quantitative estimate of drug-likeness (QED) is 0.496. The van der Waals surface area contributed by atoms with E-state index in [1.807, 2.05) is 17.5 Å². The van der Waals surface area contributed by atoms with Crippen molar-refractivity contribution in [2.45, 2.75) is 12.7 Å². The van der Waals surface area contributed by atoms with E-state index in [4.69, 9.17) is 0 Å². The van der Waals surface area contributed by atoms with Crippen LogP contribution in [0, 0.1) is 0 Å². The van der Waals surface area contributed by atoms with Gasteiger partial charge in [0.2, 0.25) is 0 Å². The van der Waals surface area contributed by atoms with E-state index in [9.17, 15) is 18.0 Å². The molecular formula is C19H14F3N5OS. The number of thiophene rings is 1. The summed E-state index contributed by atoms with van der Waals surface area (Å²) in [6.07, 6.45) is -1.42. The summed E-state index contributed by atoms with van der Waals surface area (Å²) >= 11 is 1.52. The van der Waals surface area contributed by atoms with Crippen LogP contribution in [0.2, 0.25) is 0 Å². The van der Waals surface area contributed by atoms with Gasteiger partial charge in [0, 0.05) is 6.20 Å². The normalized spacial score (nSPS) is 11.6. The van der Waals surface area contributed by atoms with Gasteiger partial charge in [-0.25, -0.2) is 0 Å². The maximum atomic E-state index is 12.8. The predicted molar refractivity (Wildman–Crippen MR) is 103 cm³/mol. The molecule has 0 radical (unpaired) electrons. The number of hydrogen-bond donors (Lipinski definition) is 2. The average Bonchev–Trinajstić information content (AvgIpc) is 3.43. The Bertz CT molecular complexity index is 1130. The average molecular weight is 417 g/mol. The number of aromatic amines is 1. The SMILES string of the molecule is O=C(Nc1cnn(Cc2cccc(C(F)(F)F)c2)c1)c1cc(-c2cccs2)[nH]n1. The fraction of sp³-hybridized carbons (Fsp3) is 0.105. The first-order valence-corrected chi connectivity index (χ1v) is 9.36. The molecule has 0 aliphatic heterocycles. The van der Waals surface area contributed by atoms with Crippen LogP contribution in [0.15, 0.2) is 60.2 Å². The zero-order valence-corrected chi connectivity index (χ0v) is 15.6. The van der Waals surface area contributed by atoms with Crippen molar-refractivity contribution in [3.63, 3.8) is 0 Å². The van der Waals surface area contributed by atoms with Gasteiger partial charge in [-0.15, -0.1) is 11.3 Å². The number of benzene rings is 1. The minimum atomic E-state index is -4.40. The van der Waals surface area contributed by atoms with Crippen molar-refractivity contribution >= 4 is 22.9 Å². The summed E-state index contributed by atoms with van der Waals surface area (Å²) in [4.78, 5) is 13.3. The third kappa shape index (κ3) is 4.37. The summed E-state index contributed by atoms with van der Waals surface area (Å²) in [5, 5.41) is 15.5. The number of rotatable bonds is 5. The number of H-pyrrole nitrogens is 1. The van der Waals surface area contributed by atoms with Gasteiger partial charge in [0.25, 0.3) is 5.91 Å². The fourth-order valence-electron chi connectivity index (χ4n) is 2.74. The predicted octanol–water partition coefficient (Wildman–Crippen LogP) is 4.65. The van der Waals surface area contributed by atoms with E-state index in [2.05, 4.69) is 20.6 Å². The van der Waals surface area contributed by atoms with E-state index in [1.54, 1.807) is 18.3 Å². The molecule has 148 valence electrons. The fourth-order valence-corrected chi connectivity index (χ4v) is 3.43. The first-order valence-electron chi connectivity index (χ1n) is 8.48. The zero-order chi connectivity index (χ0) is 20.4. The Hall–Kier alpha value is -3.40. The molecule has 4 rings (SSSR count). The second-order valence-corrected chi connectivity index (χ2v) is 7.17. The topological polar surface area (TPSA) is 75.6 Å². The highest BCUT2D eigenvalue weighted by atomic mass is 32.1. The number of nitrogens with zero attached hydrogens (tertiary/aromatic N) is 3. The Labute approximate surface area is 167 Å².